The van der Waals surface area contributed by atoms with Crippen molar-refractivity contribution in [2.75, 3.05) is 5.32 Å². The third-order valence-corrected chi connectivity index (χ3v) is 4.75. The molecule has 0 saturated heterocycles. The summed E-state index contributed by atoms with van der Waals surface area (Å²) in [5, 5.41) is 3.85. The van der Waals surface area contributed by atoms with E-state index in [1.54, 1.807) is 0 Å². The normalized spacial score (nSPS) is 23.9. The molecule has 1 saturated carbocycles. The SMILES string of the molecule is CCc1cccc(C)c1NC1CCCC(CC)CC1. The molecule has 0 radical (unpaired) electrons. The molecule has 1 fully saturated rings. The number of benzene rings is 1. The van der Waals surface area contributed by atoms with Crippen LogP contribution < -0.4 is 5.32 Å². The van der Waals surface area contributed by atoms with Gasteiger partial charge in [0.1, 0.15) is 0 Å². The number of nitrogens with one attached hydrogen (secondary N) is 1. The molecule has 106 valence electrons. The highest BCUT2D eigenvalue weighted by atomic mass is 14.9. The maximum atomic E-state index is 3.85. The van der Waals surface area contributed by atoms with E-state index in [4.69, 9.17) is 0 Å². The summed E-state index contributed by atoms with van der Waals surface area (Å²) < 4.78 is 0. The largest absolute Gasteiger partial charge is 0.382 e. The summed E-state index contributed by atoms with van der Waals surface area (Å²) >= 11 is 0. The van der Waals surface area contributed by atoms with Crippen molar-refractivity contribution >= 4 is 5.69 Å². The van der Waals surface area contributed by atoms with Crippen LogP contribution in [0.15, 0.2) is 18.2 Å². The summed E-state index contributed by atoms with van der Waals surface area (Å²) in [4.78, 5) is 0. The van der Waals surface area contributed by atoms with Gasteiger partial charge >= 0.3 is 0 Å². The van der Waals surface area contributed by atoms with Gasteiger partial charge in [-0.3, -0.25) is 0 Å². The van der Waals surface area contributed by atoms with Gasteiger partial charge < -0.3 is 5.32 Å². The van der Waals surface area contributed by atoms with Crippen LogP contribution in [0.2, 0.25) is 0 Å². The minimum Gasteiger partial charge on any atom is -0.382 e. The van der Waals surface area contributed by atoms with Crippen LogP contribution in [-0.4, -0.2) is 6.04 Å². The molecule has 1 N–H and O–H groups in total. The lowest BCUT2D eigenvalue weighted by molar-refractivity contribution is 0.444. The Balaban J connectivity index is 2.04. The van der Waals surface area contributed by atoms with Crippen LogP contribution in [0.5, 0.6) is 0 Å². The van der Waals surface area contributed by atoms with Crippen molar-refractivity contribution in [2.45, 2.75) is 71.8 Å². The summed E-state index contributed by atoms with van der Waals surface area (Å²) in [6.45, 7) is 6.82. The molecule has 0 bridgehead atoms. The molecule has 1 aromatic carbocycles. The topological polar surface area (TPSA) is 12.0 Å². The molecule has 19 heavy (non-hydrogen) atoms. The second kappa shape index (κ2) is 6.98. The fraction of sp³-hybridized carbons (Fsp3) is 0.667. The number of hydrogen-bond acceptors (Lipinski definition) is 1. The van der Waals surface area contributed by atoms with Crippen LogP contribution in [0.25, 0.3) is 0 Å². The molecule has 1 aliphatic carbocycles. The lowest BCUT2D eigenvalue weighted by Gasteiger charge is -2.22. The van der Waals surface area contributed by atoms with Gasteiger partial charge in [-0.25, -0.2) is 0 Å². The van der Waals surface area contributed by atoms with E-state index in [2.05, 4.69) is 44.3 Å². The molecule has 2 rings (SSSR count). The minimum absolute atomic E-state index is 0.683. The molecular weight excluding hydrogens is 230 g/mol. The van der Waals surface area contributed by atoms with Crippen LogP contribution in [0.1, 0.15) is 63.5 Å². The van der Waals surface area contributed by atoms with Gasteiger partial charge in [-0.15, -0.1) is 0 Å². The average molecular weight is 259 g/mol. The van der Waals surface area contributed by atoms with E-state index in [0.29, 0.717) is 6.04 Å². The van der Waals surface area contributed by atoms with Crippen molar-refractivity contribution in [2.24, 2.45) is 5.92 Å². The molecule has 1 aromatic rings. The van der Waals surface area contributed by atoms with E-state index in [1.165, 1.54) is 55.3 Å². The zero-order chi connectivity index (χ0) is 13.7. The maximum Gasteiger partial charge on any atom is 0.0404 e. The van der Waals surface area contributed by atoms with Gasteiger partial charge in [-0.05, 0) is 49.7 Å². The second-order valence-electron chi connectivity index (χ2n) is 6.09. The maximum absolute atomic E-state index is 3.85. The number of hydrogen-bond donors (Lipinski definition) is 1. The Morgan fingerprint density at radius 3 is 2.68 bits per heavy atom. The van der Waals surface area contributed by atoms with E-state index in [9.17, 15) is 0 Å². The quantitative estimate of drug-likeness (QED) is 0.721. The number of para-hydroxylation sites is 1. The smallest absolute Gasteiger partial charge is 0.0404 e. The fourth-order valence-corrected chi connectivity index (χ4v) is 3.36. The van der Waals surface area contributed by atoms with Crippen molar-refractivity contribution in [3.63, 3.8) is 0 Å². The first-order valence-corrected chi connectivity index (χ1v) is 8.09. The summed E-state index contributed by atoms with van der Waals surface area (Å²) in [6, 6.07) is 7.36. The first-order chi connectivity index (χ1) is 9.24. The Bertz CT molecular complexity index is 397. The van der Waals surface area contributed by atoms with Gasteiger partial charge in [0.15, 0.2) is 0 Å². The van der Waals surface area contributed by atoms with E-state index in [1.807, 2.05) is 0 Å². The van der Waals surface area contributed by atoms with Crippen LogP contribution in [0, 0.1) is 12.8 Å². The zero-order valence-corrected chi connectivity index (χ0v) is 12.8. The van der Waals surface area contributed by atoms with E-state index in [-0.39, 0.29) is 0 Å². The van der Waals surface area contributed by atoms with Crippen LogP contribution in [0.3, 0.4) is 0 Å². The minimum atomic E-state index is 0.683. The van der Waals surface area contributed by atoms with Gasteiger partial charge in [0.25, 0.3) is 0 Å². The number of anilines is 1. The molecular formula is C18H29N. The molecule has 0 aliphatic heterocycles. The van der Waals surface area contributed by atoms with Crippen LogP contribution >= 0.6 is 0 Å². The van der Waals surface area contributed by atoms with E-state index < -0.39 is 0 Å². The third kappa shape index (κ3) is 3.75. The van der Waals surface area contributed by atoms with Crippen molar-refractivity contribution in [1.29, 1.82) is 0 Å². The summed E-state index contributed by atoms with van der Waals surface area (Å²) in [7, 11) is 0. The lowest BCUT2D eigenvalue weighted by Crippen LogP contribution is -2.20. The number of aryl methyl sites for hydroxylation is 2. The standard InChI is InChI=1S/C18H29N/c1-4-15-9-7-11-17(13-12-15)19-18-14(3)8-6-10-16(18)5-2/h6,8,10,15,17,19H,4-5,7,9,11-13H2,1-3H3. The van der Waals surface area contributed by atoms with E-state index >= 15 is 0 Å². The van der Waals surface area contributed by atoms with Crippen molar-refractivity contribution < 1.29 is 0 Å². The van der Waals surface area contributed by atoms with Crippen LogP contribution in [0.4, 0.5) is 5.69 Å². The average Bonchev–Trinajstić information content (AvgIpc) is 2.66. The Morgan fingerprint density at radius 1 is 1.11 bits per heavy atom. The Kier molecular flexibility index (Phi) is 5.30. The Hall–Kier alpha value is -0.980. The molecule has 0 amide bonds. The molecule has 0 aromatic heterocycles. The highest BCUT2D eigenvalue weighted by molar-refractivity contribution is 5.57. The summed E-state index contributed by atoms with van der Waals surface area (Å²) in [5.74, 6) is 0.967. The lowest BCUT2D eigenvalue weighted by atomic mass is 9.97. The third-order valence-electron chi connectivity index (χ3n) is 4.75. The van der Waals surface area contributed by atoms with Gasteiger partial charge in [-0.2, -0.15) is 0 Å². The van der Waals surface area contributed by atoms with E-state index in [0.717, 1.165) is 12.3 Å². The van der Waals surface area contributed by atoms with Gasteiger partial charge in [-0.1, -0.05) is 51.3 Å². The van der Waals surface area contributed by atoms with Gasteiger partial charge in [0.05, 0.1) is 0 Å². The first kappa shape index (κ1) is 14.4. The molecule has 1 nitrogen and oxygen atoms in total. The van der Waals surface area contributed by atoms with Crippen molar-refractivity contribution in [3.05, 3.63) is 29.3 Å². The molecule has 0 heterocycles. The summed E-state index contributed by atoms with van der Waals surface area (Å²) in [5.41, 5.74) is 4.27. The molecule has 0 spiro atoms. The van der Waals surface area contributed by atoms with Gasteiger partial charge in [0.2, 0.25) is 0 Å². The predicted octanol–water partition coefficient (Wildman–Crippen LogP) is 5.33. The second-order valence-corrected chi connectivity index (χ2v) is 6.09. The molecule has 2 atom stereocenters. The molecule has 2 unspecified atom stereocenters. The number of rotatable bonds is 4. The van der Waals surface area contributed by atoms with Crippen LogP contribution in [-0.2, 0) is 6.42 Å². The Morgan fingerprint density at radius 2 is 1.95 bits per heavy atom. The molecule has 1 aliphatic rings. The monoisotopic (exact) mass is 259 g/mol. The van der Waals surface area contributed by atoms with Gasteiger partial charge in [0, 0.05) is 11.7 Å². The molecule has 1 heteroatoms. The highest BCUT2D eigenvalue weighted by Crippen LogP contribution is 2.29. The van der Waals surface area contributed by atoms with Crippen molar-refractivity contribution in [3.8, 4) is 0 Å². The first-order valence-electron chi connectivity index (χ1n) is 8.09. The highest BCUT2D eigenvalue weighted by Gasteiger charge is 2.18. The predicted molar refractivity (Wildman–Crippen MR) is 84.8 cm³/mol. The summed E-state index contributed by atoms with van der Waals surface area (Å²) in [6.07, 6.45) is 9.39. The fourth-order valence-electron chi connectivity index (χ4n) is 3.36. The zero-order valence-electron chi connectivity index (χ0n) is 12.8. The van der Waals surface area contributed by atoms with Crippen molar-refractivity contribution in [1.82, 2.24) is 0 Å². The Labute approximate surface area is 118 Å².